The van der Waals surface area contributed by atoms with Gasteiger partial charge in [0.2, 0.25) is 0 Å². The zero-order valence-corrected chi connectivity index (χ0v) is 19.3. The summed E-state index contributed by atoms with van der Waals surface area (Å²) in [6.07, 6.45) is 0.198. The summed E-state index contributed by atoms with van der Waals surface area (Å²) in [6.45, 7) is 5.85. The van der Waals surface area contributed by atoms with Crippen LogP contribution in [0.1, 0.15) is 42.9 Å². The van der Waals surface area contributed by atoms with Gasteiger partial charge in [-0.2, -0.15) is 18.3 Å². The molecule has 0 saturated carbocycles. The number of piperidine rings is 1. The number of likely N-dealkylation sites (tertiary alicyclic amines) is 1. The molecule has 2 atom stereocenters. The summed E-state index contributed by atoms with van der Waals surface area (Å²) >= 11 is 0. The van der Waals surface area contributed by atoms with E-state index < -0.39 is 29.4 Å². The number of aromatic nitrogens is 1. The number of hydrogen-bond donors (Lipinski definition) is 3. The van der Waals surface area contributed by atoms with Crippen molar-refractivity contribution in [3.05, 3.63) is 53.1 Å². The Morgan fingerprint density at radius 1 is 1.21 bits per heavy atom. The molecule has 8 nitrogen and oxygen atoms in total. The summed E-state index contributed by atoms with van der Waals surface area (Å²) in [5.74, 6) is -1.63. The second-order valence-electron chi connectivity index (χ2n) is 8.75. The second-order valence-corrected chi connectivity index (χ2v) is 8.75. The highest BCUT2D eigenvalue weighted by molar-refractivity contribution is 6.00. The van der Waals surface area contributed by atoms with Crippen molar-refractivity contribution in [3.8, 4) is 0 Å². The molecule has 1 aromatic rings. The third-order valence-electron chi connectivity index (χ3n) is 6.30. The van der Waals surface area contributed by atoms with Gasteiger partial charge in [0.25, 0.3) is 11.8 Å². The molecule has 0 spiro atoms. The van der Waals surface area contributed by atoms with Gasteiger partial charge in [-0.1, -0.05) is 26.0 Å². The Bertz CT molecular complexity index is 1030. The molecule has 34 heavy (non-hydrogen) atoms. The van der Waals surface area contributed by atoms with Crippen molar-refractivity contribution in [3.63, 3.8) is 0 Å². The van der Waals surface area contributed by atoms with Crippen molar-refractivity contribution < 1.29 is 22.8 Å². The van der Waals surface area contributed by atoms with Gasteiger partial charge in [0.15, 0.2) is 0 Å². The first-order valence-electron chi connectivity index (χ1n) is 11.1. The van der Waals surface area contributed by atoms with E-state index in [1.54, 1.807) is 6.08 Å². The molecule has 3 rings (SSSR count). The molecule has 1 aromatic heterocycles. The molecule has 0 bridgehead atoms. The van der Waals surface area contributed by atoms with Crippen molar-refractivity contribution >= 4 is 17.5 Å². The lowest BCUT2D eigenvalue weighted by Gasteiger charge is -2.32. The maximum Gasteiger partial charge on any atom is 0.433 e. The first-order chi connectivity index (χ1) is 16.0. The third-order valence-corrected chi connectivity index (χ3v) is 6.30. The number of halogens is 3. The number of rotatable bonds is 4. The quantitative estimate of drug-likeness (QED) is 0.616. The van der Waals surface area contributed by atoms with Crippen LogP contribution in [0, 0.1) is 17.8 Å². The van der Waals surface area contributed by atoms with E-state index in [-0.39, 0.29) is 29.0 Å². The number of primary amides is 1. The predicted octanol–water partition coefficient (Wildman–Crippen LogP) is 2.66. The maximum absolute atomic E-state index is 13.0. The van der Waals surface area contributed by atoms with Crippen LogP contribution in [-0.2, 0) is 11.0 Å². The van der Waals surface area contributed by atoms with Crippen LogP contribution in [0.5, 0.6) is 0 Å². The van der Waals surface area contributed by atoms with Gasteiger partial charge in [-0.15, -0.1) is 0 Å². The topological polar surface area (TPSA) is 113 Å². The molecule has 2 aliphatic heterocycles. The highest BCUT2D eigenvalue weighted by Gasteiger charge is 2.33. The number of amides is 2. The van der Waals surface area contributed by atoms with E-state index in [9.17, 15) is 22.8 Å². The highest BCUT2D eigenvalue weighted by Crippen LogP contribution is 2.29. The number of pyridine rings is 1. The van der Waals surface area contributed by atoms with Gasteiger partial charge < -0.3 is 16.0 Å². The highest BCUT2D eigenvalue weighted by atomic mass is 19.4. The Kier molecular flexibility index (Phi) is 7.75. The molecule has 3 heterocycles. The molecule has 2 aliphatic rings. The molecule has 11 heteroatoms. The number of hydrogen-bond acceptors (Lipinski definition) is 6. The summed E-state index contributed by atoms with van der Waals surface area (Å²) in [5, 5.41) is 7.06. The monoisotopic (exact) mass is 478 g/mol. The molecular weight excluding hydrogens is 449 g/mol. The van der Waals surface area contributed by atoms with Gasteiger partial charge in [-0.25, -0.2) is 4.98 Å². The predicted molar refractivity (Wildman–Crippen MR) is 121 cm³/mol. The largest absolute Gasteiger partial charge is 0.433 e. The lowest BCUT2D eigenvalue weighted by molar-refractivity contribution is -0.141. The molecule has 0 aliphatic carbocycles. The van der Waals surface area contributed by atoms with Gasteiger partial charge in [-0.05, 0) is 51.0 Å². The molecule has 2 unspecified atom stereocenters. The Morgan fingerprint density at radius 2 is 1.88 bits per heavy atom. The number of nitrogens with zero attached hydrogens (tertiary/aromatic N) is 3. The Labute approximate surface area is 196 Å². The minimum Gasteiger partial charge on any atom is -0.365 e. The van der Waals surface area contributed by atoms with Crippen LogP contribution in [0.4, 0.5) is 13.2 Å². The zero-order valence-electron chi connectivity index (χ0n) is 19.3. The van der Waals surface area contributed by atoms with Crippen LogP contribution >= 0.6 is 0 Å². The minimum absolute atomic E-state index is 0.0277. The number of carbonyl (C=O) groups excluding carboxylic acids is 2. The van der Waals surface area contributed by atoms with Crippen LogP contribution < -0.4 is 16.5 Å². The SMILES string of the molecule is CC1/C=C(NC(=O)c2cccc(C(F)(F)F)n2)\C(C(N)=O)=C/N/N=C(/C2CCN(C)CC2)C1C. The first-order valence-corrected chi connectivity index (χ1v) is 11.1. The van der Waals surface area contributed by atoms with E-state index in [0.29, 0.717) is 0 Å². The summed E-state index contributed by atoms with van der Waals surface area (Å²) in [4.78, 5) is 30.6. The van der Waals surface area contributed by atoms with Crippen LogP contribution in [0.15, 0.2) is 46.8 Å². The van der Waals surface area contributed by atoms with Crippen molar-refractivity contribution in [1.29, 1.82) is 0 Å². The maximum atomic E-state index is 13.0. The first kappa shape index (κ1) is 25.4. The normalized spacial score (nSPS) is 27.4. The number of alkyl halides is 3. The van der Waals surface area contributed by atoms with Crippen LogP contribution in [0.3, 0.4) is 0 Å². The summed E-state index contributed by atoms with van der Waals surface area (Å²) in [6, 6.07) is 3.04. The van der Waals surface area contributed by atoms with Gasteiger partial charge in [0, 0.05) is 23.7 Å². The van der Waals surface area contributed by atoms with E-state index in [4.69, 9.17) is 5.73 Å². The standard InChI is InChI=1S/C23H29F3N6O2/c1-13-11-18(30-22(34)17-5-4-6-19(29-17)23(24,25)26)16(21(27)33)12-28-31-20(14(13)2)15-7-9-32(3)10-8-15/h4-6,11-15,28H,7-10H2,1-3H3,(H2,27,33)(H,30,34)/b16-12+,18-11+,31-20+. The average molecular weight is 479 g/mol. The second kappa shape index (κ2) is 10.4. The fourth-order valence-electron chi connectivity index (χ4n) is 4.10. The molecule has 1 fully saturated rings. The van der Waals surface area contributed by atoms with Gasteiger partial charge in [-0.3, -0.25) is 15.0 Å². The van der Waals surface area contributed by atoms with Gasteiger partial charge in [0.05, 0.1) is 11.3 Å². The fraction of sp³-hybridized carbons (Fsp3) is 0.478. The summed E-state index contributed by atoms with van der Waals surface area (Å²) in [7, 11) is 2.07. The smallest absolute Gasteiger partial charge is 0.365 e. The van der Waals surface area contributed by atoms with Crippen LogP contribution in [0.25, 0.3) is 0 Å². The summed E-state index contributed by atoms with van der Waals surface area (Å²) in [5.41, 5.74) is 7.72. The fourth-order valence-corrected chi connectivity index (χ4v) is 4.10. The zero-order chi connectivity index (χ0) is 25.0. The lowest BCUT2D eigenvalue weighted by Crippen LogP contribution is -2.37. The molecule has 0 aromatic carbocycles. The third kappa shape index (κ3) is 6.02. The van der Waals surface area contributed by atoms with Crippen molar-refractivity contribution in [1.82, 2.24) is 20.6 Å². The molecule has 2 amide bonds. The van der Waals surface area contributed by atoms with Gasteiger partial charge in [0.1, 0.15) is 11.4 Å². The molecular formula is C23H29F3N6O2. The van der Waals surface area contributed by atoms with Crippen molar-refractivity contribution in [2.45, 2.75) is 32.9 Å². The molecule has 0 radical (unpaired) electrons. The molecule has 184 valence electrons. The number of nitrogens with one attached hydrogen (secondary N) is 2. The summed E-state index contributed by atoms with van der Waals surface area (Å²) < 4.78 is 39.0. The van der Waals surface area contributed by atoms with Crippen LogP contribution in [0.2, 0.25) is 0 Å². The Balaban J connectivity index is 1.90. The van der Waals surface area contributed by atoms with Crippen molar-refractivity contribution in [2.24, 2.45) is 28.6 Å². The van der Waals surface area contributed by atoms with Crippen LogP contribution in [-0.4, -0.2) is 47.5 Å². The number of hydrazone groups is 1. The molecule has 1 saturated heterocycles. The van der Waals surface area contributed by atoms with Gasteiger partial charge >= 0.3 is 6.18 Å². The minimum atomic E-state index is -4.69. The number of carbonyl (C=O) groups is 2. The lowest BCUT2D eigenvalue weighted by atomic mass is 9.80. The number of nitrogens with two attached hydrogens (primary N) is 1. The number of allylic oxidation sites excluding steroid dienone is 1. The van der Waals surface area contributed by atoms with E-state index in [1.807, 2.05) is 13.8 Å². The van der Waals surface area contributed by atoms with E-state index in [0.717, 1.165) is 43.8 Å². The van der Waals surface area contributed by atoms with E-state index in [1.165, 1.54) is 12.3 Å². The average Bonchev–Trinajstić information content (AvgIpc) is 2.83. The Morgan fingerprint density at radius 3 is 2.50 bits per heavy atom. The van der Waals surface area contributed by atoms with E-state index >= 15 is 0 Å². The Hall–Kier alpha value is -3.21. The molecule has 4 N–H and O–H groups in total. The van der Waals surface area contributed by atoms with Crippen molar-refractivity contribution in [2.75, 3.05) is 20.1 Å². The van der Waals surface area contributed by atoms with E-state index in [2.05, 4.69) is 32.8 Å².